The number of carboxylic acids is 1. The van der Waals surface area contributed by atoms with Crippen molar-refractivity contribution in [2.75, 3.05) is 13.2 Å². The molecule has 0 bridgehead atoms. The largest absolute Gasteiger partial charge is 0.481 e. The Morgan fingerprint density at radius 3 is 2.49 bits per heavy atom. The van der Waals surface area contributed by atoms with E-state index in [2.05, 4.69) is 15.3 Å². The lowest BCUT2D eigenvalue weighted by atomic mass is 9.82. The number of rotatable bonds is 11. The summed E-state index contributed by atoms with van der Waals surface area (Å²) in [4.78, 5) is 32.8. The van der Waals surface area contributed by atoms with Crippen molar-refractivity contribution in [3.8, 4) is 11.1 Å². The summed E-state index contributed by atoms with van der Waals surface area (Å²) in [6.07, 6.45) is 3.37. The normalized spacial score (nSPS) is 13.6. The van der Waals surface area contributed by atoms with Crippen molar-refractivity contribution in [3.05, 3.63) is 83.2 Å². The van der Waals surface area contributed by atoms with Crippen molar-refractivity contribution in [1.29, 1.82) is 0 Å². The van der Waals surface area contributed by atoms with Crippen LogP contribution in [0.2, 0.25) is 5.02 Å². The van der Waals surface area contributed by atoms with E-state index in [1.165, 1.54) is 24.5 Å². The molecule has 0 spiro atoms. The van der Waals surface area contributed by atoms with Gasteiger partial charge in [0.2, 0.25) is 5.82 Å². The van der Waals surface area contributed by atoms with Gasteiger partial charge in [-0.25, -0.2) is 14.4 Å². The number of amides is 1. The van der Waals surface area contributed by atoms with Crippen LogP contribution in [0.15, 0.2) is 60.9 Å². The van der Waals surface area contributed by atoms with E-state index in [0.717, 1.165) is 5.56 Å². The Bertz CT molecular complexity index is 1160. The number of halogens is 2. The monoisotopic (exact) mass is 499 g/mol. The number of carboxylic acid groups (broad SMARTS) is 1. The first-order valence-corrected chi connectivity index (χ1v) is 11.5. The summed E-state index contributed by atoms with van der Waals surface area (Å²) in [5, 5.41) is 13.2. The number of aliphatic carboxylic acids is 1. The maximum Gasteiger partial charge on any atom is 0.311 e. The maximum atomic E-state index is 14.2. The Hall–Kier alpha value is -3.36. The number of hydrogen-bond donors (Lipinski definition) is 2. The molecule has 1 heterocycles. The van der Waals surface area contributed by atoms with Crippen LogP contribution in [0.4, 0.5) is 4.39 Å². The zero-order valence-corrected chi connectivity index (χ0v) is 20.3. The highest BCUT2D eigenvalue weighted by atomic mass is 35.5. The highest BCUT2D eigenvalue weighted by molar-refractivity contribution is 6.30. The van der Waals surface area contributed by atoms with Gasteiger partial charge in [0.05, 0.1) is 12.0 Å². The molecule has 2 N–H and O–H groups in total. The lowest BCUT2D eigenvalue weighted by Crippen LogP contribution is -2.44. The van der Waals surface area contributed by atoms with Crippen LogP contribution in [0.5, 0.6) is 0 Å². The van der Waals surface area contributed by atoms with Gasteiger partial charge in [-0.3, -0.25) is 9.59 Å². The van der Waals surface area contributed by atoms with Crippen molar-refractivity contribution in [2.24, 2.45) is 5.41 Å². The van der Waals surface area contributed by atoms with E-state index >= 15 is 0 Å². The van der Waals surface area contributed by atoms with Crippen LogP contribution in [0, 0.1) is 11.2 Å². The highest BCUT2D eigenvalue weighted by Gasteiger charge is 2.37. The molecule has 1 aromatic heterocycles. The molecule has 9 heteroatoms. The molecule has 7 nitrogen and oxygen atoms in total. The Morgan fingerprint density at radius 1 is 1.17 bits per heavy atom. The molecule has 184 valence electrons. The predicted octanol–water partition coefficient (Wildman–Crippen LogP) is 4.79. The molecule has 0 radical (unpaired) electrons. The number of carbonyl (C=O) groups excluding carboxylic acids is 1. The van der Waals surface area contributed by atoms with E-state index in [9.17, 15) is 19.1 Å². The van der Waals surface area contributed by atoms with Crippen LogP contribution in [-0.2, 0) is 16.0 Å². The third-order valence-corrected chi connectivity index (χ3v) is 5.85. The second kappa shape index (κ2) is 11.9. The van der Waals surface area contributed by atoms with Crippen LogP contribution in [0.25, 0.3) is 11.1 Å². The fourth-order valence-corrected chi connectivity index (χ4v) is 3.92. The summed E-state index contributed by atoms with van der Waals surface area (Å²) in [5.41, 5.74) is 0.638. The average molecular weight is 500 g/mol. The molecule has 0 saturated heterocycles. The highest BCUT2D eigenvalue weighted by Crippen LogP contribution is 2.28. The van der Waals surface area contributed by atoms with Crippen LogP contribution < -0.4 is 5.32 Å². The van der Waals surface area contributed by atoms with Crippen molar-refractivity contribution in [2.45, 2.75) is 32.7 Å². The number of nitrogens with one attached hydrogen (secondary N) is 1. The molecule has 35 heavy (non-hydrogen) atoms. The lowest BCUT2D eigenvalue weighted by Gasteiger charge is -2.30. The van der Waals surface area contributed by atoms with E-state index in [1.54, 1.807) is 38.1 Å². The molecular weight excluding hydrogens is 473 g/mol. The standard InChI is InChI=1S/C26H27ClFN3O4/c1-3-35-16-26(2,25(33)34)15-20(31-24(32)23-29-11-4-12-30-23)13-17-5-7-18(8-6-17)21-14-19(27)9-10-22(21)28/h4-12,14,20H,3,13,15-16H2,1-2H3,(H,31,32)(H,33,34)/t20-,26+/m1/s1. The van der Waals surface area contributed by atoms with Gasteiger partial charge in [-0.15, -0.1) is 0 Å². The fourth-order valence-electron chi connectivity index (χ4n) is 3.74. The van der Waals surface area contributed by atoms with Crippen molar-refractivity contribution in [3.63, 3.8) is 0 Å². The second-order valence-corrected chi connectivity index (χ2v) is 8.91. The first-order valence-electron chi connectivity index (χ1n) is 11.1. The molecule has 0 aliphatic heterocycles. The Morgan fingerprint density at radius 2 is 1.86 bits per heavy atom. The molecule has 0 fully saturated rings. The van der Waals surface area contributed by atoms with Crippen LogP contribution in [0.3, 0.4) is 0 Å². The minimum absolute atomic E-state index is 0.0000219. The molecule has 2 atom stereocenters. The number of aromatic nitrogens is 2. The summed E-state index contributed by atoms with van der Waals surface area (Å²) >= 11 is 6.01. The second-order valence-electron chi connectivity index (χ2n) is 8.48. The molecular formula is C26H27ClFN3O4. The predicted molar refractivity (Wildman–Crippen MR) is 131 cm³/mol. The first-order chi connectivity index (χ1) is 16.7. The summed E-state index contributed by atoms with van der Waals surface area (Å²) in [7, 11) is 0. The zero-order valence-electron chi connectivity index (χ0n) is 19.5. The van der Waals surface area contributed by atoms with Gasteiger partial charge in [0.1, 0.15) is 5.82 Å². The number of benzene rings is 2. The molecule has 2 aromatic carbocycles. The third-order valence-electron chi connectivity index (χ3n) is 5.62. The number of hydrogen-bond acceptors (Lipinski definition) is 5. The van der Waals surface area contributed by atoms with Crippen LogP contribution in [0.1, 0.15) is 36.5 Å². The van der Waals surface area contributed by atoms with E-state index in [0.29, 0.717) is 29.2 Å². The SMILES string of the molecule is CCOC[C@](C)(C[C@@H](Cc1ccc(-c2cc(Cl)ccc2F)cc1)NC(=O)c1ncccn1)C(=O)O. The summed E-state index contributed by atoms with van der Waals surface area (Å²) in [6.45, 7) is 3.76. The van der Waals surface area contributed by atoms with Gasteiger partial charge in [0.15, 0.2) is 0 Å². The van der Waals surface area contributed by atoms with Crippen LogP contribution in [-0.4, -0.2) is 46.2 Å². The number of carbonyl (C=O) groups is 2. The third kappa shape index (κ3) is 7.07. The molecule has 0 aliphatic rings. The maximum absolute atomic E-state index is 14.2. The van der Waals surface area contributed by atoms with Gasteiger partial charge in [-0.2, -0.15) is 0 Å². The van der Waals surface area contributed by atoms with E-state index in [-0.39, 0.29) is 24.7 Å². The Balaban J connectivity index is 1.84. The molecule has 0 aliphatic carbocycles. The van der Waals surface area contributed by atoms with Crippen molar-refractivity contribution >= 4 is 23.5 Å². The topological polar surface area (TPSA) is 101 Å². The molecule has 0 saturated carbocycles. The molecule has 0 unspecified atom stereocenters. The van der Waals surface area contributed by atoms with Gasteiger partial charge in [-0.1, -0.05) is 35.9 Å². The van der Waals surface area contributed by atoms with Crippen molar-refractivity contribution in [1.82, 2.24) is 15.3 Å². The van der Waals surface area contributed by atoms with Gasteiger partial charge >= 0.3 is 5.97 Å². The van der Waals surface area contributed by atoms with Crippen LogP contribution >= 0.6 is 11.6 Å². The van der Waals surface area contributed by atoms with E-state index < -0.39 is 23.3 Å². The molecule has 3 aromatic rings. The average Bonchev–Trinajstić information content (AvgIpc) is 2.85. The van der Waals surface area contributed by atoms with E-state index in [1.807, 2.05) is 12.1 Å². The minimum Gasteiger partial charge on any atom is -0.481 e. The van der Waals surface area contributed by atoms with Crippen molar-refractivity contribution < 1.29 is 23.8 Å². The van der Waals surface area contributed by atoms with Gasteiger partial charge in [0.25, 0.3) is 5.91 Å². The Labute approximate surface area is 208 Å². The molecule has 3 rings (SSSR count). The zero-order chi connectivity index (χ0) is 25.4. The molecule has 1 amide bonds. The quantitative estimate of drug-likeness (QED) is 0.393. The lowest BCUT2D eigenvalue weighted by molar-refractivity contribution is -0.152. The first kappa shape index (κ1) is 26.2. The summed E-state index contributed by atoms with van der Waals surface area (Å²) < 4.78 is 19.7. The summed E-state index contributed by atoms with van der Waals surface area (Å²) in [5.74, 6) is -1.92. The summed E-state index contributed by atoms with van der Waals surface area (Å²) in [6, 6.07) is 12.6. The minimum atomic E-state index is -1.23. The smallest absolute Gasteiger partial charge is 0.311 e. The number of nitrogens with zero attached hydrogens (tertiary/aromatic N) is 2. The fraction of sp³-hybridized carbons (Fsp3) is 0.308. The number of ether oxygens (including phenoxy) is 1. The van der Waals surface area contributed by atoms with Gasteiger partial charge < -0.3 is 15.2 Å². The van der Waals surface area contributed by atoms with E-state index in [4.69, 9.17) is 16.3 Å². The van der Waals surface area contributed by atoms with Gasteiger partial charge in [-0.05, 0) is 62.1 Å². The Kier molecular flexibility index (Phi) is 8.89. The van der Waals surface area contributed by atoms with Gasteiger partial charge in [0, 0.05) is 35.6 Å².